The van der Waals surface area contributed by atoms with Crippen LogP contribution in [-0.2, 0) is 14.6 Å². The van der Waals surface area contributed by atoms with E-state index in [1.54, 1.807) is 6.07 Å². The minimum atomic E-state index is -3.40. The Hall–Kier alpha value is -1.40. The van der Waals surface area contributed by atoms with Gasteiger partial charge in [-0.15, -0.1) is 0 Å². The van der Waals surface area contributed by atoms with E-state index in [4.69, 9.17) is 0 Å². The third-order valence-electron chi connectivity index (χ3n) is 3.40. The molecule has 118 valence electrons. The third kappa shape index (κ3) is 5.13. The Morgan fingerprint density at radius 1 is 1.24 bits per heavy atom. The molecule has 0 fully saturated rings. The summed E-state index contributed by atoms with van der Waals surface area (Å²) in [6.07, 6.45) is 2.08. The number of rotatable bonds is 7. The van der Waals surface area contributed by atoms with Crippen LogP contribution in [0.2, 0.25) is 0 Å². The zero-order valence-electron chi connectivity index (χ0n) is 13.0. The standard InChI is InChI=1S/C15H24N2O3S/c1-5-10-16-11(2)13-8-6-7-9-14(13)17-15(18)12(3)21(4,19)20/h6-9,11-12,16H,5,10H2,1-4H3,(H,17,18). The summed E-state index contributed by atoms with van der Waals surface area (Å²) in [6.45, 7) is 6.37. The number of carbonyl (C=O) groups excluding carboxylic acids is 1. The van der Waals surface area contributed by atoms with Gasteiger partial charge in [0, 0.05) is 18.0 Å². The molecule has 0 aromatic heterocycles. The van der Waals surface area contributed by atoms with Crippen molar-refractivity contribution in [3.63, 3.8) is 0 Å². The van der Waals surface area contributed by atoms with Gasteiger partial charge in [-0.2, -0.15) is 0 Å². The van der Waals surface area contributed by atoms with Crippen LogP contribution in [0.1, 0.15) is 38.8 Å². The summed E-state index contributed by atoms with van der Waals surface area (Å²) in [6, 6.07) is 7.50. The highest BCUT2D eigenvalue weighted by atomic mass is 32.2. The average Bonchev–Trinajstić information content (AvgIpc) is 2.43. The van der Waals surface area contributed by atoms with Crippen LogP contribution >= 0.6 is 0 Å². The fourth-order valence-corrected chi connectivity index (χ4v) is 2.34. The molecule has 1 aromatic carbocycles. The molecule has 2 N–H and O–H groups in total. The molecule has 0 radical (unpaired) electrons. The van der Waals surface area contributed by atoms with Gasteiger partial charge in [-0.05, 0) is 38.4 Å². The van der Waals surface area contributed by atoms with Gasteiger partial charge in [0.05, 0.1) is 0 Å². The Bertz CT molecular complexity index is 584. The van der Waals surface area contributed by atoms with Crippen molar-refractivity contribution in [2.45, 2.75) is 38.5 Å². The molecule has 1 rings (SSSR count). The molecule has 21 heavy (non-hydrogen) atoms. The molecule has 2 unspecified atom stereocenters. The molecule has 0 aliphatic rings. The Morgan fingerprint density at radius 2 is 1.86 bits per heavy atom. The van der Waals surface area contributed by atoms with E-state index < -0.39 is 21.0 Å². The van der Waals surface area contributed by atoms with Crippen molar-refractivity contribution >= 4 is 21.4 Å². The fraction of sp³-hybridized carbons (Fsp3) is 0.533. The molecule has 0 bridgehead atoms. The molecule has 0 aliphatic heterocycles. The highest BCUT2D eigenvalue weighted by molar-refractivity contribution is 7.92. The van der Waals surface area contributed by atoms with Crippen molar-refractivity contribution in [3.8, 4) is 0 Å². The number of carbonyl (C=O) groups is 1. The van der Waals surface area contributed by atoms with Crippen LogP contribution < -0.4 is 10.6 Å². The lowest BCUT2D eigenvalue weighted by Gasteiger charge is -2.19. The molecule has 0 aliphatic carbocycles. The van der Waals surface area contributed by atoms with Crippen LogP contribution in [0.3, 0.4) is 0 Å². The molecule has 6 heteroatoms. The van der Waals surface area contributed by atoms with Crippen molar-refractivity contribution in [1.29, 1.82) is 0 Å². The van der Waals surface area contributed by atoms with E-state index in [9.17, 15) is 13.2 Å². The number of para-hydroxylation sites is 1. The second kappa shape index (κ2) is 7.56. The maximum Gasteiger partial charge on any atom is 0.242 e. The maximum absolute atomic E-state index is 12.0. The molecule has 0 spiro atoms. The summed E-state index contributed by atoms with van der Waals surface area (Å²) >= 11 is 0. The van der Waals surface area contributed by atoms with Crippen LogP contribution in [0.5, 0.6) is 0 Å². The smallest absolute Gasteiger partial charge is 0.242 e. The first-order chi connectivity index (χ1) is 9.77. The summed E-state index contributed by atoms with van der Waals surface area (Å²) in [4.78, 5) is 12.0. The van der Waals surface area contributed by atoms with Gasteiger partial charge in [0.25, 0.3) is 0 Å². The normalized spacial score (nSPS) is 14.5. The quantitative estimate of drug-likeness (QED) is 0.808. The van der Waals surface area contributed by atoms with Gasteiger partial charge < -0.3 is 10.6 Å². The van der Waals surface area contributed by atoms with Crippen LogP contribution in [0.4, 0.5) is 5.69 Å². The Morgan fingerprint density at radius 3 is 2.43 bits per heavy atom. The number of nitrogens with one attached hydrogen (secondary N) is 2. The molecule has 0 saturated heterocycles. The van der Waals surface area contributed by atoms with Crippen molar-refractivity contribution in [3.05, 3.63) is 29.8 Å². The number of hydrogen-bond donors (Lipinski definition) is 2. The summed E-state index contributed by atoms with van der Waals surface area (Å²) in [5, 5.41) is 5.00. The van der Waals surface area contributed by atoms with Gasteiger partial charge in [0.2, 0.25) is 5.91 Å². The van der Waals surface area contributed by atoms with E-state index in [1.807, 2.05) is 25.1 Å². The Labute approximate surface area is 127 Å². The lowest BCUT2D eigenvalue weighted by molar-refractivity contribution is -0.115. The van der Waals surface area contributed by atoms with E-state index in [1.165, 1.54) is 6.92 Å². The summed E-state index contributed by atoms with van der Waals surface area (Å²) in [7, 11) is -3.40. The monoisotopic (exact) mass is 312 g/mol. The molecule has 0 heterocycles. The van der Waals surface area contributed by atoms with E-state index in [0.717, 1.165) is 24.8 Å². The highest BCUT2D eigenvalue weighted by Gasteiger charge is 2.24. The van der Waals surface area contributed by atoms with Gasteiger partial charge in [-0.25, -0.2) is 8.42 Å². The van der Waals surface area contributed by atoms with Gasteiger partial charge in [-0.3, -0.25) is 4.79 Å². The lowest BCUT2D eigenvalue weighted by Crippen LogP contribution is -2.32. The summed E-state index contributed by atoms with van der Waals surface area (Å²) in [5.41, 5.74) is 1.59. The van der Waals surface area contributed by atoms with Crippen molar-refractivity contribution in [2.24, 2.45) is 0 Å². The minimum absolute atomic E-state index is 0.0787. The first-order valence-corrected chi connectivity index (χ1v) is 9.04. The van der Waals surface area contributed by atoms with Crippen molar-refractivity contribution in [1.82, 2.24) is 5.32 Å². The highest BCUT2D eigenvalue weighted by Crippen LogP contribution is 2.23. The van der Waals surface area contributed by atoms with E-state index >= 15 is 0 Å². The third-order valence-corrected chi connectivity index (χ3v) is 4.90. The zero-order chi connectivity index (χ0) is 16.0. The van der Waals surface area contributed by atoms with Gasteiger partial charge >= 0.3 is 0 Å². The molecule has 0 saturated carbocycles. The number of anilines is 1. The number of benzene rings is 1. The SMILES string of the molecule is CCCNC(C)c1ccccc1NC(=O)C(C)S(C)(=O)=O. The number of hydrogen-bond acceptors (Lipinski definition) is 4. The minimum Gasteiger partial charge on any atom is -0.325 e. The molecule has 1 amide bonds. The molecule has 5 nitrogen and oxygen atoms in total. The molecule has 1 aromatic rings. The van der Waals surface area contributed by atoms with Gasteiger partial charge in [0.1, 0.15) is 5.25 Å². The predicted octanol–water partition coefficient (Wildman–Crippen LogP) is 2.12. The van der Waals surface area contributed by atoms with Crippen LogP contribution in [0.15, 0.2) is 24.3 Å². The molecular weight excluding hydrogens is 288 g/mol. The second-order valence-corrected chi connectivity index (χ2v) is 7.59. The summed E-state index contributed by atoms with van der Waals surface area (Å²) in [5.74, 6) is -0.507. The number of sulfone groups is 1. The topological polar surface area (TPSA) is 75.3 Å². The number of amides is 1. The zero-order valence-corrected chi connectivity index (χ0v) is 13.8. The lowest BCUT2D eigenvalue weighted by atomic mass is 10.1. The van der Waals surface area contributed by atoms with E-state index in [0.29, 0.717) is 5.69 Å². The average molecular weight is 312 g/mol. The molecule has 2 atom stereocenters. The largest absolute Gasteiger partial charge is 0.325 e. The first kappa shape index (κ1) is 17.7. The van der Waals surface area contributed by atoms with E-state index in [2.05, 4.69) is 17.6 Å². The fourth-order valence-electron chi connectivity index (χ4n) is 1.89. The van der Waals surface area contributed by atoms with Gasteiger partial charge in [-0.1, -0.05) is 25.1 Å². The van der Waals surface area contributed by atoms with Crippen molar-refractivity contribution in [2.75, 3.05) is 18.1 Å². The summed E-state index contributed by atoms with van der Waals surface area (Å²) < 4.78 is 22.9. The first-order valence-electron chi connectivity index (χ1n) is 7.09. The van der Waals surface area contributed by atoms with Crippen LogP contribution in [0, 0.1) is 0 Å². The van der Waals surface area contributed by atoms with E-state index in [-0.39, 0.29) is 6.04 Å². The maximum atomic E-state index is 12.0. The van der Waals surface area contributed by atoms with Crippen molar-refractivity contribution < 1.29 is 13.2 Å². The Kier molecular flexibility index (Phi) is 6.36. The predicted molar refractivity (Wildman–Crippen MR) is 86.1 cm³/mol. The van der Waals surface area contributed by atoms with Gasteiger partial charge in [0.15, 0.2) is 9.84 Å². The van der Waals surface area contributed by atoms with Crippen LogP contribution in [-0.4, -0.2) is 32.4 Å². The molecular formula is C15H24N2O3S. The van der Waals surface area contributed by atoms with Crippen LogP contribution in [0.25, 0.3) is 0 Å². The second-order valence-electron chi connectivity index (χ2n) is 5.22. The Balaban J connectivity index is 2.91.